The molecule has 15 heavy (non-hydrogen) atoms. The topological polar surface area (TPSA) is 20.3 Å². The molecule has 1 atom stereocenters. The molecule has 2 fully saturated rings. The number of carbonyl (C=O) groups excluding carboxylic acids is 1. The molecule has 0 spiro atoms. The molecule has 0 aromatic heterocycles. The van der Waals surface area contributed by atoms with Crippen molar-refractivity contribution in [3.63, 3.8) is 0 Å². The highest BCUT2D eigenvalue weighted by Crippen LogP contribution is 2.39. The van der Waals surface area contributed by atoms with Gasteiger partial charge in [0, 0.05) is 25.4 Å². The van der Waals surface area contributed by atoms with E-state index in [-0.39, 0.29) is 0 Å². The zero-order valence-electron chi connectivity index (χ0n) is 10.1. The summed E-state index contributed by atoms with van der Waals surface area (Å²) < 4.78 is 0. The smallest absolute Gasteiger partial charge is 0.134 e. The van der Waals surface area contributed by atoms with E-state index in [1.54, 1.807) is 0 Å². The minimum absolute atomic E-state index is 0.477. The Hall–Kier alpha value is -0.370. The highest BCUT2D eigenvalue weighted by atomic mass is 16.1. The van der Waals surface area contributed by atoms with Crippen molar-refractivity contribution in [2.45, 2.75) is 58.4 Å². The second-order valence-electron chi connectivity index (χ2n) is 5.36. The lowest BCUT2D eigenvalue weighted by Crippen LogP contribution is -2.33. The van der Waals surface area contributed by atoms with Gasteiger partial charge in [0.25, 0.3) is 0 Å². The van der Waals surface area contributed by atoms with E-state index in [1.807, 2.05) is 0 Å². The highest BCUT2D eigenvalue weighted by molar-refractivity contribution is 5.81. The van der Waals surface area contributed by atoms with Crippen LogP contribution in [0, 0.1) is 5.41 Å². The third-order valence-electron chi connectivity index (χ3n) is 4.70. The van der Waals surface area contributed by atoms with Crippen LogP contribution in [0.1, 0.15) is 52.4 Å². The lowest BCUT2D eigenvalue weighted by atomic mass is 9.82. The first-order valence-corrected chi connectivity index (χ1v) is 6.45. The van der Waals surface area contributed by atoms with E-state index in [0.29, 0.717) is 17.2 Å². The zero-order chi connectivity index (χ0) is 10.9. The molecule has 86 valence electrons. The quantitative estimate of drug-likeness (QED) is 0.712. The van der Waals surface area contributed by atoms with Crippen LogP contribution < -0.4 is 0 Å². The highest BCUT2D eigenvalue weighted by Gasteiger charge is 2.39. The van der Waals surface area contributed by atoms with Gasteiger partial charge in [-0.3, -0.25) is 9.69 Å². The summed E-state index contributed by atoms with van der Waals surface area (Å²) in [5, 5.41) is 0. The lowest BCUT2D eigenvalue weighted by molar-refractivity contribution is -0.117. The summed E-state index contributed by atoms with van der Waals surface area (Å²) >= 11 is 0. The third kappa shape index (κ3) is 2.10. The minimum atomic E-state index is 0.477. The normalized spacial score (nSPS) is 31.3. The number of hydrogen-bond acceptors (Lipinski definition) is 2. The van der Waals surface area contributed by atoms with Crippen LogP contribution in [0.3, 0.4) is 0 Å². The second-order valence-corrected chi connectivity index (χ2v) is 5.36. The first-order chi connectivity index (χ1) is 7.19. The summed E-state index contributed by atoms with van der Waals surface area (Å²) in [6.45, 7) is 7.08. The molecule has 0 aromatic rings. The number of ketones is 1. The average Bonchev–Trinajstić information content (AvgIpc) is 2.84. The molecule has 1 saturated carbocycles. The Morgan fingerprint density at radius 2 is 2.13 bits per heavy atom. The van der Waals surface area contributed by atoms with E-state index in [0.717, 1.165) is 19.3 Å². The maximum atomic E-state index is 11.3. The Kier molecular flexibility index (Phi) is 3.15. The summed E-state index contributed by atoms with van der Waals surface area (Å²) in [6, 6.07) is 0.581. The molecule has 2 nitrogen and oxygen atoms in total. The van der Waals surface area contributed by atoms with Gasteiger partial charge in [0.05, 0.1) is 0 Å². The summed E-state index contributed by atoms with van der Waals surface area (Å²) in [4.78, 5) is 13.9. The van der Waals surface area contributed by atoms with E-state index < -0.39 is 0 Å². The number of carbonyl (C=O) groups is 1. The van der Waals surface area contributed by atoms with E-state index in [2.05, 4.69) is 18.7 Å². The summed E-state index contributed by atoms with van der Waals surface area (Å²) in [5.41, 5.74) is 0.561. The van der Waals surface area contributed by atoms with Crippen LogP contribution in [0.4, 0.5) is 0 Å². The summed E-state index contributed by atoms with van der Waals surface area (Å²) in [7, 11) is 0. The van der Waals surface area contributed by atoms with Crippen LogP contribution in [0.15, 0.2) is 0 Å². The van der Waals surface area contributed by atoms with Gasteiger partial charge < -0.3 is 0 Å². The van der Waals surface area contributed by atoms with E-state index in [9.17, 15) is 4.79 Å². The van der Waals surface area contributed by atoms with Crippen LogP contribution in [0.25, 0.3) is 0 Å². The SMILES string of the molecule is CCC1(CC)CCN(C2CCC(=O)C2)C1. The number of hydrogen-bond donors (Lipinski definition) is 0. The summed E-state index contributed by atoms with van der Waals surface area (Å²) in [6.07, 6.45) is 6.68. The van der Waals surface area contributed by atoms with E-state index in [4.69, 9.17) is 0 Å². The van der Waals surface area contributed by atoms with Crippen LogP contribution >= 0.6 is 0 Å². The zero-order valence-corrected chi connectivity index (χ0v) is 10.1. The fraction of sp³-hybridized carbons (Fsp3) is 0.923. The molecule has 0 aromatic carbocycles. The van der Waals surface area contributed by atoms with E-state index >= 15 is 0 Å². The first-order valence-electron chi connectivity index (χ1n) is 6.45. The Morgan fingerprint density at radius 1 is 1.40 bits per heavy atom. The summed E-state index contributed by atoms with van der Waals surface area (Å²) in [5.74, 6) is 0.477. The molecule has 2 heteroatoms. The average molecular weight is 209 g/mol. The van der Waals surface area contributed by atoms with Gasteiger partial charge in [-0.2, -0.15) is 0 Å². The number of likely N-dealkylation sites (tertiary alicyclic amines) is 1. The second kappa shape index (κ2) is 4.25. The Morgan fingerprint density at radius 3 is 2.60 bits per heavy atom. The van der Waals surface area contributed by atoms with Crippen molar-refractivity contribution in [3.8, 4) is 0 Å². The maximum absolute atomic E-state index is 11.3. The molecular formula is C13H23NO. The standard InChI is InChI=1S/C13H23NO/c1-3-13(4-2)7-8-14(10-13)11-5-6-12(15)9-11/h11H,3-10H2,1-2H3. The largest absolute Gasteiger partial charge is 0.300 e. The fourth-order valence-corrected chi connectivity index (χ4v) is 3.21. The van der Waals surface area contributed by atoms with Crippen molar-refractivity contribution in [1.29, 1.82) is 0 Å². The van der Waals surface area contributed by atoms with Gasteiger partial charge in [-0.05, 0) is 37.6 Å². The predicted octanol–water partition coefficient (Wildman–Crippen LogP) is 2.62. The van der Waals surface area contributed by atoms with Crippen molar-refractivity contribution in [1.82, 2.24) is 4.90 Å². The number of nitrogens with zero attached hydrogens (tertiary/aromatic N) is 1. The van der Waals surface area contributed by atoms with Gasteiger partial charge in [-0.25, -0.2) is 0 Å². The molecule has 1 aliphatic heterocycles. The molecule has 1 saturated heterocycles. The molecule has 2 aliphatic rings. The van der Waals surface area contributed by atoms with Crippen LogP contribution in [-0.2, 0) is 4.79 Å². The molecule has 1 heterocycles. The van der Waals surface area contributed by atoms with Crippen molar-refractivity contribution >= 4 is 5.78 Å². The molecule has 1 unspecified atom stereocenters. The van der Waals surface area contributed by atoms with Crippen LogP contribution in [0.2, 0.25) is 0 Å². The van der Waals surface area contributed by atoms with Gasteiger partial charge in [0.2, 0.25) is 0 Å². The molecule has 2 rings (SSSR count). The van der Waals surface area contributed by atoms with Crippen molar-refractivity contribution in [2.24, 2.45) is 5.41 Å². The van der Waals surface area contributed by atoms with Crippen LogP contribution in [-0.4, -0.2) is 29.8 Å². The van der Waals surface area contributed by atoms with Gasteiger partial charge >= 0.3 is 0 Å². The molecule has 0 N–H and O–H groups in total. The minimum Gasteiger partial charge on any atom is -0.300 e. The Labute approximate surface area is 93.0 Å². The van der Waals surface area contributed by atoms with Crippen molar-refractivity contribution < 1.29 is 4.79 Å². The first kappa shape index (κ1) is 11.1. The maximum Gasteiger partial charge on any atom is 0.134 e. The molecule has 1 aliphatic carbocycles. The van der Waals surface area contributed by atoms with Gasteiger partial charge in [0.15, 0.2) is 0 Å². The Balaban J connectivity index is 1.94. The lowest BCUT2D eigenvalue weighted by Gasteiger charge is -2.29. The Bertz CT molecular complexity index is 245. The van der Waals surface area contributed by atoms with Gasteiger partial charge in [-0.15, -0.1) is 0 Å². The monoisotopic (exact) mass is 209 g/mol. The predicted molar refractivity (Wildman–Crippen MR) is 61.9 cm³/mol. The molecular weight excluding hydrogens is 186 g/mol. The van der Waals surface area contributed by atoms with Gasteiger partial charge in [0.1, 0.15) is 5.78 Å². The third-order valence-corrected chi connectivity index (χ3v) is 4.70. The molecule has 0 bridgehead atoms. The number of rotatable bonds is 3. The fourth-order valence-electron chi connectivity index (χ4n) is 3.21. The van der Waals surface area contributed by atoms with E-state index in [1.165, 1.54) is 32.4 Å². The number of Topliss-reactive ketones (excluding diaryl/α,β-unsaturated/α-hetero) is 1. The molecule has 0 radical (unpaired) electrons. The van der Waals surface area contributed by atoms with Crippen LogP contribution in [0.5, 0.6) is 0 Å². The van der Waals surface area contributed by atoms with Crippen molar-refractivity contribution in [2.75, 3.05) is 13.1 Å². The van der Waals surface area contributed by atoms with Gasteiger partial charge in [-0.1, -0.05) is 13.8 Å². The van der Waals surface area contributed by atoms with Crippen molar-refractivity contribution in [3.05, 3.63) is 0 Å². The molecule has 0 amide bonds.